The van der Waals surface area contributed by atoms with Gasteiger partial charge in [-0.2, -0.15) is 0 Å². The molecule has 0 radical (unpaired) electrons. The molecule has 39 heavy (non-hydrogen) atoms. The Morgan fingerprint density at radius 3 is 2.28 bits per heavy atom. The van der Waals surface area contributed by atoms with Gasteiger partial charge in [0.1, 0.15) is 23.2 Å². The highest BCUT2D eigenvalue weighted by molar-refractivity contribution is 7.91. The second kappa shape index (κ2) is 11.3. The molecule has 0 aromatic heterocycles. The molecule has 12 nitrogen and oxygen atoms in total. The summed E-state index contributed by atoms with van der Waals surface area (Å²) in [4.78, 5) is 66.2. The number of hydrogen-bond donors (Lipinski definition) is 3. The minimum Gasteiger partial charge on any atom is -0.444 e. The quantitative estimate of drug-likeness (QED) is 0.313. The molecular weight excluding hydrogens is 528 g/mol. The fourth-order valence-electron chi connectivity index (χ4n) is 4.81. The number of ketones is 1. The second-order valence-electron chi connectivity index (χ2n) is 11.7. The number of alkyl carbamates (subject to hydrolysis) is 1. The van der Waals surface area contributed by atoms with Gasteiger partial charge in [-0.1, -0.05) is 19.9 Å². The number of Topliss-reactive ketones (excluding diaryl/α,β-unsaturated/α-hetero) is 1. The van der Waals surface area contributed by atoms with Crippen LogP contribution in [-0.4, -0.2) is 77.9 Å². The van der Waals surface area contributed by atoms with E-state index < -0.39 is 68.1 Å². The zero-order chi connectivity index (χ0) is 29.3. The average molecular weight is 569 g/mol. The largest absolute Gasteiger partial charge is 0.444 e. The van der Waals surface area contributed by atoms with Crippen LogP contribution in [-0.2, 0) is 33.9 Å². The SMILES string of the molecule is C=C(C)C(=O)C[C@H](NC(=O)OC(C)(C)C)C(=O)N1CCC[C@H]1C(=O)N[C@]1(C(=O)NS(=O)(=O)C2CC2)C[C@H]1CC. The van der Waals surface area contributed by atoms with Crippen molar-refractivity contribution in [2.45, 2.75) is 108 Å². The van der Waals surface area contributed by atoms with Crippen molar-refractivity contribution in [3.8, 4) is 0 Å². The monoisotopic (exact) mass is 568 g/mol. The van der Waals surface area contributed by atoms with Crippen LogP contribution in [0.25, 0.3) is 0 Å². The number of ether oxygens (including phenoxy) is 1. The van der Waals surface area contributed by atoms with Gasteiger partial charge in [0, 0.05) is 13.0 Å². The zero-order valence-corrected chi connectivity index (χ0v) is 24.1. The van der Waals surface area contributed by atoms with Gasteiger partial charge in [0.15, 0.2) is 5.78 Å². The molecule has 0 aromatic rings. The lowest BCUT2D eigenvalue weighted by Gasteiger charge is -2.30. The molecular formula is C26H40N4O8S. The first-order valence-corrected chi connectivity index (χ1v) is 14.9. The van der Waals surface area contributed by atoms with E-state index in [0.717, 1.165) is 0 Å². The number of rotatable bonds is 11. The van der Waals surface area contributed by atoms with E-state index in [1.165, 1.54) is 11.8 Å². The van der Waals surface area contributed by atoms with Gasteiger partial charge < -0.3 is 20.3 Å². The van der Waals surface area contributed by atoms with E-state index in [4.69, 9.17) is 4.74 Å². The molecule has 0 spiro atoms. The minimum atomic E-state index is -3.80. The predicted molar refractivity (Wildman–Crippen MR) is 142 cm³/mol. The molecule has 4 amide bonds. The van der Waals surface area contributed by atoms with Crippen molar-refractivity contribution < 1.29 is 37.1 Å². The van der Waals surface area contributed by atoms with Crippen LogP contribution in [0.4, 0.5) is 4.79 Å². The van der Waals surface area contributed by atoms with Crippen LogP contribution in [0.5, 0.6) is 0 Å². The highest BCUT2D eigenvalue weighted by Gasteiger charge is 2.62. The van der Waals surface area contributed by atoms with Crippen molar-refractivity contribution >= 4 is 39.6 Å². The molecule has 3 fully saturated rings. The van der Waals surface area contributed by atoms with E-state index in [0.29, 0.717) is 32.1 Å². The number of carbonyl (C=O) groups is 5. The lowest BCUT2D eigenvalue weighted by molar-refractivity contribution is -0.141. The first-order valence-electron chi connectivity index (χ1n) is 13.4. The molecule has 1 saturated heterocycles. The molecule has 0 unspecified atom stereocenters. The Morgan fingerprint density at radius 2 is 1.77 bits per heavy atom. The molecule has 1 heterocycles. The summed E-state index contributed by atoms with van der Waals surface area (Å²) in [5.41, 5.74) is -1.99. The topological polar surface area (TPSA) is 168 Å². The van der Waals surface area contributed by atoms with E-state index in [9.17, 15) is 32.4 Å². The van der Waals surface area contributed by atoms with Crippen molar-refractivity contribution in [1.29, 1.82) is 0 Å². The summed E-state index contributed by atoms with van der Waals surface area (Å²) in [6, 6.07) is -2.24. The van der Waals surface area contributed by atoms with Crippen LogP contribution in [0.15, 0.2) is 12.2 Å². The number of nitrogens with zero attached hydrogens (tertiary/aromatic N) is 1. The van der Waals surface area contributed by atoms with Gasteiger partial charge in [0.25, 0.3) is 5.91 Å². The van der Waals surface area contributed by atoms with Gasteiger partial charge >= 0.3 is 6.09 Å². The maximum atomic E-state index is 13.6. The maximum absolute atomic E-state index is 13.6. The summed E-state index contributed by atoms with van der Waals surface area (Å²) in [5, 5.41) is 4.61. The fourth-order valence-corrected chi connectivity index (χ4v) is 6.17. The molecule has 3 rings (SSSR count). The summed E-state index contributed by atoms with van der Waals surface area (Å²) in [7, 11) is -3.80. The molecule has 3 aliphatic rings. The van der Waals surface area contributed by atoms with Gasteiger partial charge in [0.2, 0.25) is 21.8 Å². The third-order valence-corrected chi connectivity index (χ3v) is 9.06. The number of likely N-dealkylation sites (tertiary alicyclic amines) is 1. The maximum Gasteiger partial charge on any atom is 0.408 e. The molecule has 2 aliphatic carbocycles. The van der Waals surface area contributed by atoms with Gasteiger partial charge in [-0.05, 0) is 71.3 Å². The Balaban J connectivity index is 1.75. The van der Waals surface area contributed by atoms with Gasteiger partial charge in [-0.25, -0.2) is 13.2 Å². The minimum absolute atomic E-state index is 0.205. The Hall–Kier alpha value is -2.96. The van der Waals surface area contributed by atoms with E-state index in [2.05, 4.69) is 21.9 Å². The van der Waals surface area contributed by atoms with Crippen LogP contribution in [0, 0.1) is 5.92 Å². The summed E-state index contributed by atoms with van der Waals surface area (Å²) < 4.78 is 32.1. The molecule has 1 aliphatic heterocycles. The molecule has 13 heteroatoms. The zero-order valence-electron chi connectivity index (χ0n) is 23.3. The summed E-state index contributed by atoms with van der Waals surface area (Å²) in [6.07, 6.45) is 1.38. The van der Waals surface area contributed by atoms with Crippen molar-refractivity contribution in [3.05, 3.63) is 12.2 Å². The Kier molecular flexibility index (Phi) is 8.83. The third kappa shape index (κ3) is 7.37. The predicted octanol–water partition coefficient (Wildman–Crippen LogP) is 1.30. The highest BCUT2D eigenvalue weighted by atomic mass is 32.2. The molecule has 3 N–H and O–H groups in total. The Morgan fingerprint density at radius 1 is 1.13 bits per heavy atom. The number of nitrogens with one attached hydrogen (secondary N) is 3. The number of allylic oxidation sites excluding steroid dienone is 1. The molecule has 4 atom stereocenters. The van der Waals surface area contributed by atoms with E-state index in [1.54, 1.807) is 20.8 Å². The van der Waals surface area contributed by atoms with Crippen molar-refractivity contribution in [3.63, 3.8) is 0 Å². The van der Waals surface area contributed by atoms with Crippen LogP contribution >= 0.6 is 0 Å². The van der Waals surface area contributed by atoms with E-state index in [-0.39, 0.29) is 30.9 Å². The van der Waals surface area contributed by atoms with Crippen molar-refractivity contribution in [1.82, 2.24) is 20.3 Å². The van der Waals surface area contributed by atoms with Crippen LogP contribution in [0.1, 0.15) is 79.6 Å². The highest BCUT2D eigenvalue weighted by Crippen LogP contribution is 2.46. The molecule has 218 valence electrons. The normalized spacial score (nSPS) is 25.3. The van der Waals surface area contributed by atoms with Crippen molar-refractivity contribution in [2.24, 2.45) is 5.92 Å². The summed E-state index contributed by atoms with van der Waals surface area (Å²) >= 11 is 0. The molecule has 0 aromatic carbocycles. The number of carbonyl (C=O) groups excluding carboxylic acids is 5. The first-order chi connectivity index (χ1) is 18.0. The van der Waals surface area contributed by atoms with Gasteiger partial charge in [-0.15, -0.1) is 0 Å². The lowest BCUT2D eigenvalue weighted by Crippen LogP contribution is -2.58. The fraction of sp³-hybridized carbons (Fsp3) is 0.731. The van der Waals surface area contributed by atoms with E-state index >= 15 is 0 Å². The number of hydrogen-bond acceptors (Lipinski definition) is 8. The van der Waals surface area contributed by atoms with Crippen molar-refractivity contribution in [2.75, 3.05) is 6.54 Å². The Labute approximate surface area is 229 Å². The van der Waals surface area contributed by atoms with Crippen LogP contribution < -0.4 is 15.4 Å². The van der Waals surface area contributed by atoms with Crippen LogP contribution in [0.2, 0.25) is 0 Å². The van der Waals surface area contributed by atoms with Crippen LogP contribution in [0.3, 0.4) is 0 Å². The number of amides is 4. The number of sulfonamides is 1. The molecule has 0 bridgehead atoms. The second-order valence-corrected chi connectivity index (χ2v) is 13.7. The van der Waals surface area contributed by atoms with Gasteiger partial charge in [0.05, 0.1) is 5.25 Å². The smallest absolute Gasteiger partial charge is 0.408 e. The summed E-state index contributed by atoms with van der Waals surface area (Å²) in [5.74, 6) is -2.65. The van der Waals surface area contributed by atoms with E-state index in [1.807, 2.05) is 6.92 Å². The summed E-state index contributed by atoms with van der Waals surface area (Å²) in [6.45, 7) is 12.1. The van der Waals surface area contributed by atoms with Gasteiger partial charge in [-0.3, -0.25) is 23.9 Å². The standard InChI is InChI=1S/C26H40N4O8S/c1-7-16-14-26(16,23(34)29-39(36,37)17-10-11-17)28-21(32)19-9-8-12-30(19)22(33)18(13-20(31)15(2)3)27-24(35)38-25(4,5)6/h16-19H,2,7-14H2,1,3-6H3,(H,27,35)(H,28,32)(H,29,34)/t16-,18+,19+,26-/m1/s1. The molecule has 2 saturated carbocycles. The lowest BCUT2D eigenvalue weighted by atomic mass is 10.0. The first kappa shape index (κ1) is 30.6. The average Bonchev–Trinajstić information content (AvgIpc) is 3.73. The third-order valence-electron chi connectivity index (χ3n) is 7.24. The Bertz CT molecular complexity index is 1160.